The average molecular weight is 1960 g/mol. The van der Waals surface area contributed by atoms with E-state index in [1.807, 2.05) is 68.8 Å². The van der Waals surface area contributed by atoms with Crippen LogP contribution in [0.2, 0.25) is 0 Å². The van der Waals surface area contributed by atoms with Crippen molar-refractivity contribution in [2.45, 2.75) is 48.5 Å². The SMILES string of the molecule is Cc1ccc(-c2ccc3c(c2)sc2ccccc23)cc1.Cc1ccc(-c2cccc3c2oc2c(-c4ccccc4)cccc23)cc1.Cc1ccc(-c2cccc3sc4ccccc4c23)cc1.Cc1cccc(-c2cccc3c2sc2ccccc23)c1.Cc1cccc2c1oc1c(-c3ccccc3)cccc12.Cc1cccc2c1sc1c(-c3ccccc3)cccc12.Cc1ccccc1-c1cccc2c1sc1ccccc12. The summed E-state index contributed by atoms with van der Waals surface area (Å²) in [6, 6.07) is 175. The molecule has 29 aromatic rings. The van der Waals surface area contributed by atoms with Crippen molar-refractivity contribution in [1.82, 2.24) is 0 Å². The van der Waals surface area contributed by atoms with Crippen LogP contribution in [0, 0.1) is 48.5 Å². The molecule has 29 rings (SSSR count). The van der Waals surface area contributed by atoms with Gasteiger partial charge in [0.15, 0.2) is 0 Å². The topological polar surface area (TPSA) is 26.3 Å². The van der Waals surface area contributed by atoms with Crippen molar-refractivity contribution in [3.8, 4) is 89.0 Å². The maximum absolute atomic E-state index is 6.45. The molecule has 2 nitrogen and oxygen atoms in total. The lowest BCUT2D eigenvalue weighted by atomic mass is 9.99. The highest BCUT2D eigenvalue weighted by Crippen LogP contribution is 2.48. The molecule has 0 unspecified atom stereocenters. The Morgan fingerprint density at radius 1 is 0.137 bits per heavy atom. The zero-order chi connectivity index (χ0) is 98.7. The summed E-state index contributed by atoms with van der Waals surface area (Å²) in [7, 11) is 0. The lowest BCUT2D eigenvalue weighted by Crippen LogP contribution is -1.82. The molecule has 22 aromatic carbocycles. The number of rotatable bonds is 8. The number of fused-ring (bicyclic) bond motifs is 21. The first kappa shape index (κ1) is 93.2. The Morgan fingerprint density at radius 3 is 0.966 bits per heavy atom. The molecule has 0 radical (unpaired) electrons. The Labute approximate surface area is 870 Å². The predicted molar refractivity (Wildman–Crippen MR) is 641 cm³/mol. The van der Waals surface area contributed by atoms with Gasteiger partial charge >= 0.3 is 0 Å². The summed E-state index contributed by atoms with van der Waals surface area (Å²) >= 11 is 9.44. The summed E-state index contributed by atoms with van der Waals surface area (Å²) in [6.45, 7) is 15.0. The Morgan fingerprint density at radius 2 is 0.438 bits per heavy atom. The van der Waals surface area contributed by atoms with Crippen LogP contribution in [0.1, 0.15) is 38.9 Å². The fourth-order valence-electron chi connectivity index (χ4n) is 20.3. The first-order valence-corrected chi connectivity index (χ1v) is 53.8. The normalized spacial score (nSPS) is 11.3. The largest absolute Gasteiger partial charge is 0.455 e. The maximum Gasteiger partial charge on any atom is 0.143 e. The van der Waals surface area contributed by atoms with Gasteiger partial charge < -0.3 is 8.83 Å². The molecule has 0 spiro atoms. The first-order chi connectivity index (χ1) is 71.8. The van der Waals surface area contributed by atoms with E-state index in [1.165, 1.54) is 223 Å². The van der Waals surface area contributed by atoms with Gasteiger partial charge in [0.05, 0.1) is 0 Å². The Bertz CT molecular complexity index is 9660. The molecule has 7 aromatic heterocycles. The van der Waals surface area contributed by atoms with E-state index in [0.717, 1.165) is 49.8 Å². The number of hydrogen-bond donors (Lipinski definition) is 0. The van der Waals surface area contributed by atoms with E-state index in [4.69, 9.17) is 8.83 Å². The molecular formula is C139H102O2S5. The third-order valence-electron chi connectivity index (χ3n) is 27.7. The lowest BCUT2D eigenvalue weighted by molar-refractivity contribution is 0.667. The van der Waals surface area contributed by atoms with Gasteiger partial charge in [0, 0.05) is 139 Å². The van der Waals surface area contributed by atoms with Gasteiger partial charge in [-0.1, -0.05) is 477 Å². The van der Waals surface area contributed by atoms with Gasteiger partial charge in [-0.25, -0.2) is 0 Å². The van der Waals surface area contributed by atoms with Gasteiger partial charge in [-0.2, -0.15) is 0 Å². The van der Waals surface area contributed by atoms with Crippen LogP contribution in [-0.2, 0) is 0 Å². The van der Waals surface area contributed by atoms with E-state index in [1.54, 1.807) is 0 Å². The summed E-state index contributed by atoms with van der Waals surface area (Å²) < 4.78 is 26.4. The van der Waals surface area contributed by atoms with Crippen LogP contribution >= 0.6 is 56.7 Å². The molecule has 0 N–H and O–H groups in total. The van der Waals surface area contributed by atoms with Crippen molar-refractivity contribution < 1.29 is 8.83 Å². The summed E-state index contributed by atoms with van der Waals surface area (Å²) in [6.07, 6.45) is 0. The monoisotopic (exact) mass is 1960 g/mol. The minimum absolute atomic E-state index is 0.952. The molecule has 700 valence electrons. The predicted octanol–water partition coefficient (Wildman–Crippen LogP) is 42.9. The molecule has 0 aliphatic rings. The quantitative estimate of drug-likeness (QED) is 0.152. The molecule has 146 heavy (non-hydrogen) atoms. The standard InChI is InChI=1S/C25H18O.C19H14O.5C19H14S/c1-17-13-15-19(16-14-17)21-10-6-12-23-22-11-5-9-20(24(22)26-25(21)23)18-7-3-2-4-8-18;1-13-7-5-11-16-17-12-6-10-15(19(17)20-18(13)16)14-8-3-2-4-9-14;1-13-6-4-7-14(12-13)15-9-5-10-17-16-8-2-3-11-18(16)20-19(15)17;1-13-7-2-3-8-14(13)16-10-6-11-17-15-9-4-5-12-18(15)20-19(16)17;1-13-9-11-14(12-10-13)15-6-4-8-18-19(15)16-5-2-3-7-17(16)20-18;1-13-7-5-11-16-17-12-6-10-15(19(17)20-18(13)16)14-8-3-2-4-9-14;1-13-6-8-14(9-7-13)15-10-11-17-16-4-2-3-5-18(16)20-19(17)12-15/h2-16H,1H3;6*2-12H,1H3. The summed E-state index contributed by atoms with van der Waals surface area (Å²) in [4.78, 5) is 0. The average Bonchev–Trinajstić information content (AvgIpc) is 1.60. The first-order valence-electron chi connectivity index (χ1n) is 49.7. The van der Waals surface area contributed by atoms with E-state index >= 15 is 0 Å². The minimum Gasteiger partial charge on any atom is -0.455 e. The van der Waals surface area contributed by atoms with Gasteiger partial charge in [0.1, 0.15) is 22.3 Å². The molecule has 0 saturated carbocycles. The van der Waals surface area contributed by atoms with Crippen LogP contribution in [0.3, 0.4) is 0 Å². The highest BCUT2D eigenvalue weighted by atomic mass is 32.1. The molecule has 7 heterocycles. The van der Waals surface area contributed by atoms with E-state index in [0.29, 0.717) is 0 Å². The molecule has 0 fully saturated rings. The summed E-state index contributed by atoms with van der Waals surface area (Å²) in [5, 5.41) is 18.4. The van der Waals surface area contributed by atoms with Crippen molar-refractivity contribution in [2.75, 3.05) is 0 Å². The van der Waals surface area contributed by atoms with Crippen molar-refractivity contribution in [3.63, 3.8) is 0 Å². The summed E-state index contributed by atoms with van der Waals surface area (Å²) in [5.41, 5.74) is 33.1. The Hall–Kier alpha value is -16.5. The number of para-hydroxylation sites is 4. The summed E-state index contributed by atoms with van der Waals surface area (Å²) in [5.74, 6) is 0. The van der Waals surface area contributed by atoms with Crippen molar-refractivity contribution in [1.29, 1.82) is 0 Å². The highest BCUT2D eigenvalue weighted by Gasteiger charge is 2.21. The second kappa shape index (κ2) is 41.5. The Balaban J connectivity index is 0.0000000942. The Kier molecular flexibility index (Phi) is 26.5. The number of hydrogen-bond acceptors (Lipinski definition) is 7. The van der Waals surface area contributed by atoms with Crippen molar-refractivity contribution in [3.05, 3.63) is 530 Å². The number of furan rings is 2. The fraction of sp³-hybridized carbons (Fsp3) is 0.0504. The van der Waals surface area contributed by atoms with E-state index in [9.17, 15) is 0 Å². The van der Waals surface area contributed by atoms with Crippen LogP contribution in [0.15, 0.2) is 500 Å². The molecule has 0 atom stereocenters. The highest BCUT2D eigenvalue weighted by molar-refractivity contribution is 7.28. The third-order valence-corrected chi connectivity index (χ3v) is 33.8. The van der Waals surface area contributed by atoms with Gasteiger partial charge in [0.25, 0.3) is 0 Å². The molecule has 0 saturated heterocycles. The van der Waals surface area contributed by atoms with Gasteiger partial charge in [-0.05, 0) is 174 Å². The van der Waals surface area contributed by atoms with Crippen LogP contribution in [-0.4, -0.2) is 0 Å². The molecular weight excluding hydrogens is 1860 g/mol. The fourth-order valence-corrected chi connectivity index (χ4v) is 26.3. The molecule has 0 bridgehead atoms. The van der Waals surface area contributed by atoms with Crippen molar-refractivity contribution >= 4 is 201 Å². The molecule has 7 heteroatoms. The smallest absolute Gasteiger partial charge is 0.143 e. The molecule has 0 aliphatic carbocycles. The van der Waals surface area contributed by atoms with Crippen molar-refractivity contribution in [2.24, 2.45) is 0 Å². The van der Waals surface area contributed by atoms with Gasteiger partial charge in [0.2, 0.25) is 0 Å². The molecule has 0 amide bonds. The maximum atomic E-state index is 6.45. The van der Waals surface area contributed by atoms with Gasteiger partial charge in [-0.15, -0.1) is 56.7 Å². The molecule has 0 aliphatic heterocycles. The van der Waals surface area contributed by atoms with E-state index in [2.05, 4.69) is 528 Å². The second-order valence-corrected chi connectivity index (χ2v) is 42.8. The van der Waals surface area contributed by atoms with Crippen LogP contribution in [0.25, 0.3) is 234 Å². The minimum atomic E-state index is 0.952. The number of thiophene rings is 5. The third kappa shape index (κ3) is 18.8. The van der Waals surface area contributed by atoms with E-state index < -0.39 is 0 Å². The van der Waals surface area contributed by atoms with Crippen LogP contribution in [0.5, 0.6) is 0 Å². The zero-order valence-corrected chi connectivity index (χ0v) is 86.2. The lowest BCUT2D eigenvalue weighted by Gasteiger charge is -2.06. The van der Waals surface area contributed by atoms with Crippen LogP contribution < -0.4 is 0 Å². The zero-order valence-electron chi connectivity index (χ0n) is 82.1. The van der Waals surface area contributed by atoms with Gasteiger partial charge in [-0.3, -0.25) is 0 Å². The van der Waals surface area contributed by atoms with Crippen LogP contribution in [0.4, 0.5) is 0 Å². The second-order valence-electron chi connectivity index (χ2n) is 37.5. The number of benzene rings is 22. The van der Waals surface area contributed by atoms with E-state index in [-0.39, 0.29) is 0 Å². The number of aryl methyl sites for hydroxylation is 7.